The van der Waals surface area contributed by atoms with Crippen LogP contribution in [0.25, 0.3) is 22.0 Å². The Balaban J connectivity index is 1.26. The molecule has 0 saturated heterocycles. The number of ether oxygens (including phenoxy) is 1. The highest BCUT2D eigenvalue weighted by molar-refractivity contribution is 6.42. The number of carboxylic acids is 1. The fraction of sp³-hybridized carbons (Fsp3) is 0.167. The summed E-state index contributed by atoms with van der Waals surface area (Å²) in [5.41, 5.74) is 7.79. The first-order valence-corrected chi connectivity index (χ1v) is 14.1. The van der Waals surface area contributed by atoms with Crippen LogP contribution in [-0.4, -0.2) is 35.1 Å². The number of rotatable bonds is 12. The number of Topliss-reactive ketones (excluding diaryl/α,β-unsaturated/α-hetero) is 1. The fourth-order valence-electron chi connectivity index (χ4n) is 5.42. The summed E-state index contributed by atoms with van der Waals surface area (Å²) >= 11 is 0. The van der Waals surface area contributed by atoms with Gasteiger partial charge in [0.15, 0.2) is 0 Å². The van der Waals surface area contributed by atoms with Crippen LogP contribution in [0.1, 0.15) is 46.8 Å². The molecular formula is C36H34N2O4. The van der Waals surface area contributed by atoms with E-state index in [1.54, 1.807) is 19.4 Å². The number of aliphatic carboxylic acids is 1. The summed E-state index contributed by atoms with van der Waals surface area (Å²) in [7, 11) is 1.70. The van der Waals surface area contributed by atoms with E-state index in [4.69, 9.17) is 4.74 Å². The standard InChI is InChI=1S/C36H34N2O4/c1-25(29-14-7-9-17-33(29)42-2)34(26-12-4-3-5-13-26)27-18-20-28(21-19-27)37-22-10-11-23-38-24-31(35(39)36(40)41)30-15-6-8-16-32(30)38/h3-9,12-21,24,37H,10-11,22-23H2,1-2H3,(H,40,41)/b34-25-. The number of carboxylic acid groups (broad SMARTS) is 1. The topological polar surface area (TPSA) is 80.6 Å². The average Bonchev–Trinajstić information content (AvgIpc) is 3.40. The molecule has 6 nitrogen and oxygen atoms in total. The average molecular weight is 559 g/mol. The number of ketones is 1. The highest BCUT2D eigenvalue weighted by atomic mass is 16.5. The fourth-order valence-corrected chi connectivity index (χ4v) is 5.42. The summed E-state index contributed by atoms with van der Waals surface area (Å²) in [5, 5.41) is 13.4. The third kappa shape index (κ3) is 6.13. The highest BCUT2D eigenvalue weighted by Crippen LogP contribution is 2.36. The number of hydrogen-bond acceptors (Lipinski definition) is 4. The molecule has 2 N–H and O–H groups in total. The number of para-hydroxylation sites is 2. The lowest BCUT2D eigenvalue weighted by atomic mass is 9.90. The van der Waals surface area contributed by atoms with Gasteiger partial charge in [-0.25, -0.2) is 4.79 Å². The van der Waals surface area contributed by atoms with Crippen LogP contribution in [0.15, 0.2) is 109 Å². The number of allylic oxidation sites excluding steroid dienone is 1. The van der Waals surface area contributed by atoms with Gasteiger partial charge in [-0.2, -0.15) is 0 Å². The zero-order chi connectivity index (χ0) is 29.5. The van der Waals surface area contributed by atoms with Crippen molar-refractivity contribution in [1.82, 2.24) is 4.57 Å². The molecule has 6 heteroatoms. The molecule has 0 amide bonds. The number of unbranched alkanes of at least 4 members (excludes halogenated alkanes) is 1. The van der Waals surface area contributed by atoms with Gasteiger partial charge >= 0.3 is 5.97 Å². The molecule has 42 heavy (non-hydrogen) atoms. The quantitative estimate of drug-likeness (QED) is 0.0707. The second-order valence-electron chi connectivity index (χ2n) is 10.2. The number of aromatic nitrogens is 1. The van der Waals surface area contributed by atoms with Crippen LogP contribution in [0.3, 0.4) is 0 Å². The van der Waals surface area contributed by atoms with Crippen molar-refractivity contribution in [1.29, 1.82) is 0 Å². The molecule has 212 valence electrons. The number of carbonyl (C=O) groups is 2. The molecule has 0 aliphatic rings. The van der Waals surface area contributed by atoms with Crippen LogP contribution >= 0.6 is 0 Å². The first-order chi connectivity index (χ1) is 20.5. The lowest BCUT2D eigenvalue weighted by Gasteiger charge is -2.17. The predicted molar refractivity (Wildman–Crippen MR) is 169 cm³/mol. The maximum Gasteiger partial charge on any atom is 0.377 e. The molecule has 0 spiro atoms. The number of fused-ring (bicyclic) bond motifs is 1. The molecule has 0 fully saturated rings. The van der Waals surface area contributed by atoms with E-state index in [9.17, 15) is 14.7 Å². The SMILES string of the molecule is COc1ccccc1/C(C)=C(/c1ccccc1)c1ccc(NCCCCn2cc(C(=O)C(=O)O)c3ccccc32)cc1. The van der Waals surface area contributed by atoms with Gasteiger partial charge in [-0.15, -0.1) is 0 Å². The monoisotopic (exact) mass is 558 g/mol. The van der Waals surface area contributed by atoms with Crippen LogP contribution in [0, 0.1) is 0 Å². The minimum atomic E-state index is -1.44. The van der Waals surface area contributed by atoms with E-state index in [1.807, 2.05) is 47.0 Å². The summed E-state index contributed by atoms with van der Waals surface area (Å²) in [6.45, 7) is 3.63. The van der Waals surface area contributed by atoms with Crippen molar-refractivity contribution in [2.45, 2.75) is 26.3 Å². The molecule has 5 rings (SSSR count). The number of benzene rings is 4. The lowest BCUT2D eigenvalue weighted by Crippen LogP contribution is -2.12. The molecule has 1 heterocycles. The van der Waals surface area contributed by atoms with Crippen molar-refractivity contribution in [2.24, 2.45) is 0 Å². The van der Waals surface area contributed by atoms with Gasteiger partial charge in [0.1, 0.15) is 5.75 Å². The lowest BCUT2D eigenvalue weighted by molar-refractivity contribution is -0.131. The number of methoxy groups -OCH3 is 1. The maximum atomic E-state index is 12.2. The summed E-state index contributed by atoms with van der Waals surface area (Å²) < 4.78 is 7.63. The summed E-state index contributed by atoms with van der Waals surface area (Å²) in [6, 6.07) is 34.4. The Kier molecular flexibility index (Phi) is 8.83. The van der Waals surface area contributed by atoms with E-state index >= 15 is 0 Å². The van der Waals surface area contributed by atoms with E-state index in [0.29, 0.717) is 11.9 Å². The van der Waals surface area contributed by atoms with E-state index in [0.717, 1.165) is 64.2 Å². The Bertz CT molecular complexity index is 1730. The van der Waals surface area contributed by atoms with Crippen molar-refractivity contribution < 1.29 is 19.4 Å². The van der Waals surface area contributed by atoms with E-state index < -0.39 is 11.8 Å². The first kappa shape index (κ1) is 28.4. The molecule has 0 bridgehead atoms. The molecular weight excluding hydrogens is 524 g/mol. The molecule has 0 aliphatic carbocycles. The van der Waals surface area contributed by atoms with Gasteiger partial charge in [-0.1, -0.05) is 78.9 Å². The molecule has 0 saturated carbocycles. The molecule has 5 aromatic rings. The third-order valence-electron chi connectivity index (χ3n) is 7.50. The van der Waals surface area contributed by atoms with E-state index in [2.05, 4.69) is 66.8 Å². The van der Waals surface area contributed by atoms with Gasteiger partial charge in [-0.05, 0) is 66.3 Å². The zero-order valence-corrected chi connectivity index (χ0v) is 23.8. The number of carbonyl (C=O) groups excluding carboxylic acids is 1. The number of nitrogens with zero attached hydrogens (tertiary/aromatic N) is 1. The molecule has 0 radical (unpaired) electrons. The highest BCUT2D eigenvalue weighted by Gasteiger charge is 2.20. The number of aryl methyl sites for hydroxylation is 1. The Morgan fingerprint density at radius 2 is 1.45 bits per heavy atom. The molecule has 1 aromatic heterocycles. The molecule has 0 atom stereocenters. The van der Waals surface area contributed by atoms with Gasteiger partial charge in [0, 0.05) is 41.4 Å². The summed E-state index contributed by atoms with van der Waals surface area (Å²) in [4.78, 5) is 23.4. The Morgan fingerprint density at radius 3 is 2.19 bits per heavy atom. The zero-order valence-electron chi connectivity index (χ0n) is 23.8. The Labute approximate surface area is 245 Å². The Morgan fingerprint density at radius 1 is 0.786 bits per heavy atom. The van der Waals surface area contributed by atoms with Crippen LogP contribution < -0.4 is 10.1 Å². The maximum absolute atomic E-state index is 12.2. The van der Waals surface area contributed by atoms with Crippen LogP contribution in [-0.2, 0) is 11.3 Å². The van der Waals surface area contributed by atoms with E-state index in [-0.39, 0.29) is 5.56 Å². The minimum absolute atomic E-state index is 0.237. The summed E-state index contributed by atoms with van der Waals surface area (Å²) in [6.07, 6.45) is 3.46. The number of anilines is 1. The third-order valence-corrected chi connectivity index (χ3v) is 7.50. The molecule has 4 aromatic carbocycles. The molecule has 0 unspecified atom stereocenters. The summed E-state index contributed by atoms with van der Waals surface area (Å²) in [5.74, 6) is -1.47. The Hall–Kier alpha value is -5.10. The largest absolute Gasteiger partial charge is 0.496 e. The van der Waals surface area contributed by atoms with Crippen LogP contribution in [0.2, 0.25) is 0 Å². The van der Waals surface area contributed by atoms with Gasteiger partial charge in [0.05, 0.1) is 12.7 Å². The second kappa shape index (κ2) is 13.0. The van der Waals surface area contributed by atoms with Crippen molar-refractivity contribution in [2.75, 3.05) is 19.0 Å². The number of nitrogens with one attached hydrogen (secondary N) is 1. The van der Waals surface area contributed by atoms with Crippen molar-refractivity contribution in [3.8, 4) is 5.75 Å². The van der Waals surface area contributed by atoms with Crippen LogP contribution in [0.4, 0.5) is 5.69 Å². The first-order valence-electron chi connectivity index (χ1n) is 14.1. The smallest absolute Gasteiger partial charge is 0.377 e. The molecule has 0 aliphatic heterocycles. The predicted octanol–water partition coefficient (Wildman–Crippen LogP) is 7.79. The van der Waals surface area contributed by atoms with Crippen molar-refractivity contribution in [3.63, 3.8) is 0 Å². The van der Waals surface area contributed by atoms with E-state index in [1.165, 1.54) is 0 Å². The second-order valence-corrected chi connectivity index (χ2v) is 10.2. The van der Waals surface area contributed by atoms with Gasteiger partial charge < -0.3 is 19.7 Å². The van der Waals surface area contributed by atoms with Gasteiger partial charge in [0.25, 0.3) is 5.78 Å². The van der Waals surface area contributed by atoms with Crippen molar-refractivity contribution in [3.05, 3.63) is 132 Å². The van der Waals surface area contributed by atoms with Crippen LogP contribution in [0.5, 0.6) is 5.75 Å². The number of hydrogen-bond donors (Lipinski definition) is 2. The minimum Gasteiger partial charge on any atom is -0.496 e. The normalized spacial score (nSPS) is 11.7. The van der Waals surface area contributed by atoms with Gasteiger partial charge in [0.2, 0.25) is 0 Å². The van der Waals surface area contributed by atoms with Gasteiger partial charge in [-0.3, -0.25) is 4.79 Å². The van der Waals surface area contributed by atoms with Crippen molar-refractivity contribution >= 4 is 39.5 Å².